The summed E-state index contributed by atoms with van der Waals surface area (Å²) < 4.78 is 75.2. The van der Waals surface area contributed by atoms with Gasteiger partial charge in [0.15, 0.2) is 0 Å². The van der Waals surface area contributed by atoms with E-state index in [0.717, 1.165) is 17.0 Å². The number of carbonyl (C=O) groups is 2. The molecule has 37 heavy (non-hydrogen) atoms. The van der Waals surface area contributed by atoms with E-state index < -0.39 is 65.7 Å². The van der Waals surface area contributed by atoms with E-state index in [2.05, 4.69) is 5.32 Å². The highest BCUT2D eigenvalue weighted by Gasteiger charge is 2.34. The van der Waals surface area contributed by atoms with Gasteiger partial charge >= 0.3 is 6.03 Å². The summed E-state index contributed by atoms with van der Waals surface area (Å²) in [7, 11) is 2.80. The maximum Gasteiger partial charge on any atom is 0.325 e. The van der Waals surface area contributed by atoms with E-state index >= 15 is 0 Å². The second-order valence-corrected chi connectivity index (χ2v) is 8.53. The van der Waals surface area contributed by atoms with Gasteiger partial charge in [0.1, 0.15) is 34.8 Å². The molecule has 1 atom stereocenters. The molecule has 0 aliphatic carbocycles. The number of ether oxygens (including phenoxy) is 1. The summed E-state index contributed by atoms with van der Waals surface area (Å²) in [6, 6.07) is 6.44. The third kappa shape index (κ3) is 4.93. The van der Waals surface area contributed by atoms with E-state index in [9.17, 15) is 31.5 Å². The van der Waals surface area contributed by atoms with Gasteiger partial charge in [-0.25, -0.2) is 26.7 Å². The summed E-state index contributed by atoms with van der Waals surface area (Å²) in [5.74, 6) is -5.97. The molecular formula is C26H22F5N3O3. The Hall–Kier alpha value is -4.15. The van der Waals surface area contributed by atoms with Crippen LogP contribution in [0.25, 0.3) is 0 Å². The lowest BCUT2D eigenvalue weighted by atomic mass is 9.98. The van der Waals surface area contributed by atoms with Crippen LogP contribution in [-0.2, 0) is 13.1 Å². The van der Waals surface area contributed by atoms with Gasteiger partial charge in [-0.1, -0.05) is 6.07 Å². The predicted molar refractivity (Wildman–Crippen MR) is 125 cm³/mol. The number of fused-ring (bicyclic) bond motifs is 1. The van der Waals surface area contributed by atoms with Gasteiger partial charge in [-0.15, -0.1) is 0 Å². The molecule has 0 fully saturated rings. The van der Waals surface area contributed by atoms with Crippen LogP contribution in [0.15, 0.2) is 42.5 Å². The molecule has 0 aromatic heterocycles. The number of benzene rings is 3. The third-order valence-corrected chi connectivity index (χ3v) is 6.35. The molecular weight excluding hydrogens is 497 g/mol. The van der Waals surface area contributed by atoms with Crippen molar-refractivity contribution in [3.63, 3.8) is 0 Å². The van der Waals surface area contributed by atoms with Crippen molar-refractivity contribution in [1.29, 1.82) is 0 Å². The number of nitrogens with zero attached hydrogens (tertiary/aromatic N) is 2. The van der Waals surface area contributed by atoms with E-state index in [4.69, 9.17) is 4.74 Å². The molecule has 3 amide bonds. The first-order chi connectivity index (χ1) is 17.5. The number of hydrogen-bond donors (Lipinski definition) is 1. The zero-order valence-corrected chi connectivity index (χ0v) is 20.0. The summed E-state index contributed by atoms with van der Waals surface area (Å²) in [4.78, 5) is 28.4. The van der Waals surface area contributed by atoms with E-state index in [1.807, 2.05) is 0 Å². The van der Waals surface area contributed by atoms with Gasteiger partial charge in [-0.2, -0.15) is 0 Å². The fourth-order valence-corrected chi connectivity index (χ4v) is 4.11. The quantitative estimate of drug-likeness (QED) is 0.441. The van der Waals surface area contributed by atoms with Crippen molar-refractivity contribution in [1.82, 2.24) is 10.2 Å². The lowest BCUT2D eigenvalue weighted by molar-refractivity contribution is 0.0950. The second kappa shape index (κ2) is 10.1. The normalized spacial score (nSPS) is 15.0. The van der Waals surface area contributed by atoms with Crippen molar-refractivity contribution in [2.75, 3.05) is 19.1 Å². The molecule has 3 aromatic carbocycles. The molecule has 194 valence electrons. The highest BCUT2D eigenvalue weighted by molar-refractivity contribution is 5.99. The van der Waals surface area contributed by atoms with Crippen LogP contribution < -0.4 is 15.0 Å². The molecule has 1 heterocycles. The van der Waals surface area contributed by atoms with Crippen molar-refractivity contribution in [2.24, 2.45) is 0 Å². The molecule has 0 spiro atoms. The molecule has 0 bridgehead atoms. The second-order valence-electron chi connectivity index (χ2n) is 8.53. The van der Waals surface area contributed by atoms with Crippen molar-refractivity contribution in [3.05, 3.63) is 93.8 Å². The molecule has 0 saturated carbocycles. The van der Waals surface area contributed by atoms with Crippen LogP contribution in [0.5, 0.6) is 5.75 Å². The first-order valence-electron chi connectivity index (χ1n) is 11.1. The Morgan fingerprint density at radius 1 is 0.946 bits per heavy atom. The monoisotopic (exact) mass is 519 g/mol. The van der Waals surface area contributed by atoms with E-state index in [1.54, 1.807) is 13.0 Å². The van der Waals surface area contributed by atoms with Crippen molar-refractivity contribution in [3.8, 4) is 5.75 Å². The minimum Gasteiger partial charge on any atom is -0.497 e. The van der Waals surface area contributed by atoms with Crippen LogP contribution in [0.3, 0.4) is 0 Å². The Morgan fingerprint density at radius 3 is 2.14 bits per heavy atom. The molecule has 0 radical (unpaired) electrons. The number of carbonyl (C=O) groups excluding carboxylic acids is 2. The van der Waals surface area contributed by atoms with Gasteiger partial charge in [0.05, 0.1) is 25.4 Å². The number of amides is 3. The molecule has 1 N–H and O–H groups in total. The molecule has 1 aliphatic heterocycles. The Bertz CT molecular complexity index is 1350. The number of urea groups is 1. The van der Waals surface area contributed by atoms with Gasteiger partial charge in [-0.05, 0) is 24.6 Å². The topological polar surface area (TPSA) is 61.9 Å². The largest absolute Gasteiger partial charge is 0.497 e. The van der Waals surface area contributed by atoms with E-state index in [-0.39, 0.29) is 22.6 Å². The summed E-state index contributed by atoms with van der Waals surface area (Å²) in [6.45, 7) is 0.724. The molecule has 0 saturated heterocycles. The van der Waals surface area contributed by atoms with Crippen LogP contribution in [-0.4, -0.2) is 31.0 Å². The summed E-state index contributed by atoms with van der Waals surface area (Å²) >= 11 is 0. The Balaban J connectivity index is 1.66. The molecule has 0 unspecified atom stereocenters. The number of methoxy groups -OCH3 is 1. The fraction of sp³-hybridized carbons (Fsp3) is 0.231. The van der Waals surface area contributed by atoms with Crippen molar-refractivity contribution < 1.29 is 36.3 Å². The van der Waals surface area contributed by atoms with Crippen LogP contribution in [0.1, 0.15) is 40.0 Å². The maximum absolute atomic E-state index is 14.7. The number of halogens is 5. The fourth-order valence-electron chi connectivity index (χ4n) is 4.11. The van der Waals surface area contributed by atoms with Gasteiger partial charge in [0.25, 0.3) is 5.91 Å². The van der Waals surface area contributed by atoms with Crippen LogP contribution in [0.2, 0.25) is 0 Å². The first kappa shape index (κ1) is 25.9. The molecule has 11 heteroatoms. The maximum atomic E-state index is 14.7. The van der Waals surface area contributed by atoms with Crippen molar-refractivity contribution in [2.45, 2.75) is 26.1 Å². The highest BCUT2D eigenvalue weighted by atomic mass is 19.2. The number of nitrogens with one attached hydrogen (secondary N) is 1. The first-order valence-corrected chi connectivity index (χ1v) is 11.1. The third-order valence-electron chi connectivity index (χ3n) is 6.35. The highest BCUT2D eigenvalue weighted by Crippen LogP contribution is 2.38. The smallest absolute Gasteiger partial charge is 0.325 e. The minimum absolute atomic E-state index is 0.0251. The zero-order valence-electron chi connectivity index (χ0n) is 20.0. The number of anilines is 1. The Labute approximate surface area is 209 Å². The van der Waals surface area contributed by atoms with Gasteiger partial charge in [0.2, 0.25) is 0 Å². The Kier molecular flexibility index (Phi) is 7.06. The van der Waals surface area contributed by atoms with Crippen LogP contribution in [0, 0.1) is 29.1 Å². The number of hydrogen-bond acceptors (Lipinski definition) is 3. The van der Waals surface area contributed by atoms with E-state index in [1.165, 1.54) is 31.2 Å². The lowest BCUT2D eigenvalue weighted by Gasteiger charge is -2.39. The SMILES string of the molecule is COc1cc(F)c(CN2C(=O)N(C)[C@@H](C)c3ccc(C(=O)NCc4c(F)cc(F)cc4F)cc32)c(F)c1. The molecule has 3 aromatic rings. The lowest BCUT2D eigenvalue weighted by Crippen LogP contribution is -2.47. The predicted octanol–water partition coefficient (Wildman–Crippen LogP) is 5.45. The van der Waals surface area contributed by atoms with Gasteiger partial charge in [0, 0.05) is 54.5 Å². The average Bonchev–Trinajstić information content (AvgIpc) is 2.85. The molecule has 6 nitrogen and oxygen atoms in total. The van der Waals surface area contributed by atoms with Gasteiger partial charge in [-0.3, -0.25) is 9.69 Å². The summed E-state index contributed by atoms with van der Waals surface area (Å²) in [6.07, 6.45) is 0. The zero-order chi connectivity index (χ0) is 27.0. The summed E-state index contributed by atoms with van der Waals surface area (Å²) in [5, 5.41) is 2.36. The van der Waals surface area contributed by atoms with Crippen molar-refractivity contribution >= 4 is 17.6 Å². The Morgan fingerprint density at radius 2 is 1.54 bits per heavy atom. The molecule has 1 aliphatic rings. The minimum atomic E-state index is -1.15. The summed E-state index contributed by atoms with van der Waals surface area (Å²) in [5.41, 5.74) is -0.00194. The van der Waals surface area contributed by atoms with Gasteiger partial charge < -0.3 is 15.0 Å². The van der Waals surface area contributed by atoms with Crippen LogP contribution in [0.4, 0.5) is 32.4 Å². The average molecular weight is 519 g/mol. The van der Waals surface area contributed by atoms with E-state index in [0.29, 0.717) is 17.7 Å². The standard InChI is InChI=1S/C26H22F5N3O3/c1-13-17-5-4-14(25(35)32-11-18-20(28)7-15(27)8-21(18)29)6-24(17)34(26(36)33(13)2)12-19-22(30)9-16(37-3)10-23(19)31/h4-10,13H,11-12H2,1-3H3,(H,32,35)/t13-/m0/s1. The molecule has 4 rings (SSSR count). The number of rotatable bonds is 6. The van der Waals surface area contributed by atoms with Crippen LogP contribution >= 0.6 is 0 Å².